The lowest BCUT2D eigenvalue weighted by molar-refractivity contribution is 0.0524. The Kier molecular flexibility index (Phi) is 1.80. The van der Waals surface area contributed by atoms with E-state index in [4.69, 9.17) is 4.74 Å². The van der Waals surface area contributed by atoms with Crippen molar-refractivity contribution in [2.75, 3.05) is 0 Å². The molecule has 0 aromatic rings. The lowest BCUT2D eigenvalue weighted by Gasteiger charge is -2.10. The van der Waals surface area contributed by atoms with Gasteiger partial charge in [0.05, 0.1) is 12.2 Å². The quantitative estimate of drug-likeness (QED) is 0.485. The molecule has 0 N–H and O–H groups in total. The fraction of sp³-hybridized carbons (Fsp3) is 1.00. The molecule has 0 amide bonds. The summed E-state index contributed by atoms with van der Waals surface area (Å²) in [5.41, 5.74) is 0. The first-order valence-corrected chi connectivity index (χ1v) is 3.78. The molecule has 1 aliphatic rings. The smallest absolute Gasteiger partial charge is 0.0579 e. The Bertz CT molecular complexity index is 88.7. The minimum atomic E-state index is 0.468. The van der Waals surface area contributed by atoms with Crippen molar-refractivity contribution in [2.45, 2.75) is 39.9 Å². The van der Waals surface area contributed by atoms with E-state index in [0.717, 1.165) is 11.8 Å². The van der Waals surface area contributed by atoms with Gasteiger partial charge in [-0.2, -0.15) is 0 Å². The summed E-state index contributed by atoms with van der Waals surface area (Å²) in [6.07, 6.45) is 0.935. The number of hydrogen-bond donors (Lipinski definition) is 0. The van der Waals surface area contributed by atoms with Crippen molar-refractivity contribution in [3.8, 4) is 0 Å². The van der Waals surface area contributed by atoms with Crippen LogP contribution in [-0.4, -0.2) is 12.2 Å². The number of rotatable bonds is 0. The van der Waals surface area contributed by atoms with E-state index < -0.39 is 0 Å². The van der Waals surface area contributed by atoms with Crippen LogP contribution in [0, 0.1) is 11.8 Å². The van der Waals surface area contributed by atoms with Crippen LogP contribution in [0.1, 0.15) is 27.7 Å². The third-order valence-corrected chi connectivity index (χ3v) is 2.74. The van der Waals surface area contributed by atoms with Crippen molar-refractivity contribution in [3.63, 3.8) is 0 Å². The predicted molar refractivity (Wildman–Crippen MR) is 38.3 cm³/mol. The Labute approximate surface area is 57.4 Å². The van der Waals surface area contributed by atoms with E-state index in [1.807, 2.05) is 0 Å². The monoisotopic (exact) mass is 128 g/mol. The summed E-state index contributed by atoms with van der Waals surface area (Å²) in [5.74, 6) is 1.47. The second-order valence-electron chi connectivity index (χ2n) is 3.26. The van der Waals surface area contributed by atoms with Crippen molar-refractivity contribution in [1.29, 1.82) is 0 Å². The Morgan fingerprint density at radius 1 is 0.778 bits per heavy atom. The molecule has 0 spiro atoms. The van der Waals surface area contributed by atoms with E-state index in [2.05, 4.69) is 27.7 Å². The molecular weight excluding hydrogens is 112 g/mol. The van der Waals surface area contributed by atoms with Crippen molar-refractivity contribution in [2.24, 2.45) is 11.8 Å². The molecule has 0 bridgehead atoms. The molecule has 0 aromatic carbocycles. The van der Waals surface area contributed by atoms with Gasteiger partial charge in [0.1, 0.15) is 0 Å². The fourth-order valence-electron chi connectivity index (χ4n) is 1.44. The van der Waals surface area contributed by atoms with Gasteiger partial charge in [0, 0.05) is 0 Å². The molecule has 0 aromatic heterocycles. The summed E-state index contributed by atoms with van der Waals surface area (Å²) in [6, 6.07) is 0. The molecule has 54 valence electrons. The zero-order valence-electron chi connectivity index (χ0n) is 6.72. The molecule has 1 nitrogen and oxygen atoms in total. The molecule has 3 unspecified atom stereocenters. The highest BCUT2D eigenvalue weighted by Crippen LogP contribution is 2.30. The zero-order valence-corrected chi connectivity index (χ0v) is 6.72. The minimum absolute atomic E-state index is 0.468. The van der Waals surface area contributed by atoms with Gasteiger partial charge in [-0.25, -0.2) is 0 Å². The summed E-state index contributed by atoms with van der Waals surface area (Å²) < 4.78 is 5.59. The van der Waals surface area contributed by atoms with Gasteiger partial charge in [0.25, 0.3) is 0 Å². The topological polar surface area (TPSA) is 9.23 Å². The maximum Gasteiger partial charge on any atom is 0.0579 e. The highest BCUT2D eigenvalue weighted by atomic mass is 16.5. The van der Waals surface area contributed by atoms with Gasteiger partial charge < -0.3 is 4.74 Å². The van der Waals surface area contributed by atoms with Crippen LogP contribution in [0.15, 0.2) is 0 Å². The van der Waals surface area contributed by atoms with Gasteiger partial charge in [-0.1, -0.05) is 13.8 Å². The largest absolute Gasteiger partial charge is 0.375 e. The third-order valence-electron chi connectivity index (χ3n) is 2.74. The lowest BCUT2D eigenvalue weighted by atomic mass is 9.92. The van der Waals surface area contributed by atoms with Crippen LogP contribution in [-0.2, 0) is 4.74 Å². The van der Waals surface area contributed by atoms with E-state index in [9.17, 15) is 0 Å². The van der Waals surface area contributed by atoms with Gasteiger partial charge in [0.15, 0.2) is 0 Å². The highest BCUT2D eigenvalue weighted by molar-refractivity contribution is 4.80. The third kappa shape index (κ3) is 1.11. The van der Waals surface area contributed by atoms with E-state index >= 15 is 0 Å². The Hall–Kier alpha value is -0.0400. The highest BCUT2D eigenvalue weighted by Gasteiger charge is 2.32. The summed E-state index contributed by atoms with van der Waals surface area (Å²) >= 11 is 0. The summed E-state index contributed by atoms with van der Waals surface area (Å²) in [7, 11) is 0. The van der Waals surface area contributed by atoms with Crippen LogP contribution in [0.5, 0.6) is 0 Å². The van der Waals surface area contributed by atoms with E-state index in [1.54, 1.807) is 0 Å². The van der Waals surface area contributed by atoms with E-state index in [1.165, 1.54) is 0 Å². The van der Waals surface area contributed by atoms with Gasteiger partial charge in [-0.15, -0.1) is 0 Å². The molecule has 1 rings (SSSR count). The molecule has 0 aliphatic carbocycles. The van der Waals surface area contributed by atoms with Crippen LogP contribution >= 0.6 is 0 Å². The van der Waals surface area contributed by atoms with Crippen molar-refractivity contribution >= 4 is 0 Å². The van der Waals surface area contributed by atoms with E-state index in [0.29, 0.717) is 12.2 Å². The normalized spacial score (nSPS) is 52.0. The Balaban J connectivity index is 2.54. The summed E-state index contributed by atoms with van der Waals surface area (Å²) in [5, 5.41) is 0. The SMILES string of the molecule is CC1O[C@@H](C)C(C)C1C. The molecule has 4 atom stereocenters. The number of hydrogen-bond acceptors (Lipinski definition) is 1. The van der Waals surface area contributed by atoms with Crippen LogP contribution < -0.4 is 0 Å². The van der Waals surface area contributed by atoms with Gasteiger partial charge in [-0.05, 0) is 25.7 Å². The minimum Gasteiger partial charge on any atom is -0.375 e. The van der Waals surface area contributed by atoms with Crippen molar-refractivity contribution < 1.29 is 4.74 Å². The molecule has 1 heteroatoms. The van der Waals surface area contributed by atoms with E-state index in [-0.39, 0.29) is 0 Å². The average Bonchev–Trinajstić information content (AvgIpc) is 1.98. The van der Waals surface area contributed by atoms with Crippen LogP contribution in [0.2, 0.25) is 0 Å². The second kappa shape index (κ2) is 2.30. The van der Waals surface area contributed by atoms with Crippen LogP contribution in [0.3, 0.4) is 0 Å². The number of ether oxygens (including phenoxy) is 1. The van der Waals surface area contributed by atoms with Gasteiger partial charge in [0.2, 0.25) is 0 Å². The zero-order chi connectivity index (χ0) is 7.02. The molecule has 1 fully saturated rings. The molecule has 1 saturated heterocycles. The Morgan fingerprint density at radius 2 is 1.11 bits per heavy atom. The summed E-state index contributed by atoms with van der Waals surface area (Å²) in [6.45, 7) is 8.84. The molecule has 1 aliphatic heterocycles. The lowest BCUT2D eigenvalue weighted by Crippen LogP contribution is -2.12. The van der Waals surface area contributed by atoms with Crippen molar-refractivity contribution in [1.82, 2.24) is 0 Å². The first-order chi connectivity index (χ1) is 4.13. The molecular formula is C8H16O. The molecule has 9 heavy (non-hydrogen) atoms. The molecule has 0 saturated carbocycles. The van der Waals surface area contributed by atoms with Crippen LogP contribution in [0.4, 0.5) is 0 Å². The first-order valence-electron chi connectivity index (χ1n) is 3.78. The van der Waals surface area contributed by atoms with Crippen molar-refractivity contribution in [3.05, 3.63) is 0 Å². The van der Waals surface area contributed by atoms with Gasteiger partial charge in [-0.3, -0.25) is 0 Å². The van der Waals surface area contributed by atoms with Gasteiger partial charge >= 0.3 is 0 Å². The fourth-order valence-corrected chi connectivity index (χ4v) is 1.44. The maximum atomic E-state index is 5.59. The first kappa shape index (κ1) is 7.07. The molecule has 1 heterocycles. The Morgan fingerprint density at radius 3 is 1.22 bits per heavy atom. The standard InChI is InChI=1S/C8H16O/c1-5-6(2)8(4)9-7(5)3/h5-8H,1-4H3/t5?,6?,7-,8?/m0/s1. The predicted octanol–water partition coefficient (Wildman–Crippen LogP) is 2.07. The van der Waals surface area contributed by atoms with Crippen LogP contribution in [0.25, 0.3) is 0 Å². The second-order valence-corrected chi connectivity index (χ2v) is 3.26. The molecule has 0 radical (unpaired) electrons. The summed E-state index contributed by atoms with van der Waals surface area (Å²) in [4.78, 5) is 0. The maximum absolute atomic E-state index is 5.59. The average molecular weight is 128 g/mol.